The van der Waals surface area contributed by atoms with Crippen molar-refractivity contribution in [2.45, 2.75) is 31.7 Å². The molecule has 1 saturated carbocycles. The Hall–Kier alpha value is -1.40. The molecule has 3 rings (SSSR count). The van der Waals surface area contributed by atoms with Gasteiger partial charge in [-0.25, -0.2) is 8.42 Å². The molecule has 0 unspecified atom stereocenters. The summed E-state index contributed by atoms with van der Waals surface area (Å²) in [6, 6.07) is 6.68. The second-order valence-corrected chi connectivity index (χ2v) is 8.73. The average Bonchev–Trinajstić information content (AvgIpc) is 2.71. The fourth-order valence-corrected chi connectivity index (χ4v) is 4.82. The Morgan fingerprint density at radius 3 is 1.95 bits per heavy atom. The fraction of sp³-hybridized carbons (Fsp3) is 0.467. The smallest absolute Gasteiger partial charge is 0.261 e. The fourth-order valence-electron chi connectivity index (χ4n) is 3.39. The molecule has 0 N–H and O–H groups in total. The highest BCUT2D eigenvalue weighted by atomic mass is 35.7. The van der Waals surface area contributed by atoms with Crippen LogP contribution in [0.4, 0.5) is 0 Å². The Balaban J connectivity index is 1.71. The highest BCUT2D eigenvalue weighted by Crippen LogP contribution is 2.33. The summed E-state index contributed by atoms with van der Waals surface area (Å²) >= 11 is 0. The molecule has 0 aromatic heterocycles. The van der Waals surface area contributed by atoms with Crippen LogP contribution in [0.2, 0.25) is 0 Å². The molecule has 0 bridgehead atoms. The molecule has 0 atom stereocenters. The van der Waals surface area contributed by atoms with E-state index in [9.17, 15) is 18.0 Å². The van der Waals surface area contributed by atoms with Crippen molar-refractivity contribution in [1.82, 2.24) is 4.90 Å². The summed E-state index contributed by atoms with van der Waals surface area (Å²) in [5.41, 5.74) is 0.913. The largest absolute Gasteiger partial charge is 0.271 e. The second kappa shape index (κ2) is 5.66. The van der Waals surface area contributed by atoms with Crippen molar-refractivity contribution in [3.8, 4) is 0 Å². The van der Waals surface area contributed by atoms with E-state index in [-0.39, 0.29) is 29.5 Å². The van der Waals surface area contributed by atoms with Crippen LogP contribution in [0, 0.1) is 5.92 Å². The van der Waals surface area contributed by atoms with Crippen LogP contribution in [0.1, 0.15) is 46.4 Å². The molecule has 1 aromatic carbocycles. The summed E-state index contributed by atoms with van der Waals surface area (Å²) in [7, 11) is 1.79. The normalized spacial score (nSPS) is 25.4. The van der Waals surface area contributed by atoms with Crippen LogP contribution in [0.15, 0.2) is 24.3 Å². The Morgan fingerprint density at radius 2 is 1.50 bits per heavy atom. The summed E-state index contributed by atoms with van der Waals surface area (Å²) in [5.74, 6) is -0.513. The standard InChI is InChI=1S/C15H16ClNO4S/c16-22(20,21)9-10-5-7-11(8-6-10)17-14(18)12-3-1-2-4-13(12)15(17)19/h1-4,10-11H,5-9H2. The number of fused-ring (bicyclic) bond motifs is 1. The number of hydrogen-bond acceptors (Lipinski definition) is 4. The number of benzene rings is 1. The Bertz CT molecular complexity index is 688. The van der Waals surface area contributed by atoms with Gasteiger partial charge in [0.2, 0.25) is 9.05 Å². The quantitative estimate of drug-likeness (QED) is 0.625. The highest BCUT2D eigenvalue weighted by molar-refractivity contribution is 8.13. The van der Waals surface area contributed by atoms with E-state index in [1.807, 2.05) is 0 Å². The Labute approximate surface area is 133 Å². The van der Waals surface area contributed by atoms with Crippen molar-refractivity contribution in [2.24, 2.45) is 5.92 Å². The first-order valence-electron chi connectivity index (χ1n) is 7.26. The van der Waals surface area contributed by atoms with Gasteiger partial charge in [0.05, 0.1) is 16.9 Å². The van der Waals surface area contributed by atoms with E-state index in [2.05, 4.69) is 0 Å². The van der Waals surface area contributed by atoms with Gasteiger partial charge in [0, 0.05) is 16.7 Å². The molecule has 7 heteroatoms. The lowest BCUT2D eigenvalue weighted by atomic mass is 9.86. The molecule has 5 nitrogen and oxygen atoms in total. The molecule has 0 radical (unpaired) electrons. The van der Waals surface area contributed by atoms with Crippen LogP contribution in [0.5, 0.6) is 0 Å². The van der Waals surface area contributed by atoms with E-state index in [4.69, 9.17) is 10.7 Å². The maximum Gasteiger partial charge on any atom is 0.261 e. The van der Waals surface area contributed by atoms with Gasteiger partial charge in [-0.15, -0.1) is 0 Å². The number of nitrogens with zero attached hydrogens (tertiary/aromatic N) is 1. The molecule has 22 heavy (non-hydrogen) atoms. The van der Waals surface area contributed by atoms with Gasteiger partial charge in [-0.2, -0.15) is 0 Å². The van der Waals surface area contributed by atoms with E-state index >= 15 is 0 Å². The number of amides is 2. The van der Waals surface area contributed by atoms with Gasteiger partial charge in [0.15, 0.2) is 0 Å². The van der Waals surface area contributed by atoms with Gasteiger partial charge in [-0.05, 0) is 43.7 Å². The molecule has 1 aromatic rings. The molecule has 1 aliphatic heterocycles. The third kappa shape index (κ3) is 2.90. The van der Waals surface area contributed by atoms with Crippen molar-refractivity contribution in [3.63, 3.8) is 0 Å². The number of hydrogen-bond donors (Lipinski definition) is 0. The van der Waals surface area contributed by atoms with Crippen molar-refractivity contribution in [2.75, 3.05) is 5.75 Å². The third-order valence-corrected chi connectivity index (χ3v) is 5.69. The molecule has 1 fully saturated rings. The van der Waals surface area contributed by atoms with E-state index < -0.39 is 9.05 Å². The summed E-state index contributed by atoms with van der Waals surface area (Å²) < 4.78 is 22.3. The van der Waals surface area contributed by atoms with Crippen molar-refractivity contribution < 1.29 is 18.0 Å². The lowest BCUT2D eigenvalue weighted by Gasteiger charge is -2.33. The number of imide groups is 1. The van der Waals surface area contributed by atoms with Crippen LogP contribution in [0.3, 0.4) is 0 Å². The molecule has 1 aliphatic carbocycles. The summed E-state index contributed by atoms with van der Waals surface area (Å²) in [4.78, 5) is 26.2. The van der Waals surface area contributed by atoms with Crippen molar-refractivity contribution in [3.05, 3.63) is 35.4 Å². The van der Waals surface area contributed by atoms with Crippen LogP contribution >= 0.6 is 10.7 Å². The molecule has 2 amide bonds. The van der Waals surface area contributed by atoms with Gasteiger partial charge < -0.3 is 0 Å². The molecule has 118 valence electrons. The Kier molecular flexibility index (Phi) is 3.99. The molecule has 2 aliphatic rings. The third-order valence-electron chi connectivity index (χ3n) is 4.44. The zero-order valence-corrected chi connectivity index (χ0v) is 13.4. The average molecular weight is 342 g/mol. The van der Waals surface area contributed by atoms with E-state index in [1.54, 1.807) is 24.3 Å². The number of carbonyl (C=O) groups excluding carboxylic acids is 2. The first-order chi connectivity index (χ1) is 10.4. The van der Waals surface area contributed by atoms with Crippen LogP contribution in [-0.4, -0.2) is 36.9 Å². The topological polar surface area (TPSA) is 71.5 Å². The van der Waals surface area contributed by atoms with Gasteiger partial charge in [-0.3, -0.25) is 14.5 Å². The first-order valence-corrected chi connectivity index (χ1v) is 9.74. The lowest BCUT2D eigenvalue weighted by Crippen LogP contribution is -2.42. The lowest BCUT2D eigenvalue weighted by molar-refractivity contribution is 0.0534. The maximum atomic E-state index is 12.4. The van der Waals surface area contributed by atoms with E-state index in [1.165, 1.54) is 4.90 Å². The van der Waals surface area contributed by atoms with E-state index in [0.717, 1.165) is 0 Å². The summed E-state index contributed by atoms with van der Waals surface area (Å²) in [5, 5.41) is 0. The Morgan fingerprint density at radius 1 is 1.00 bits per heavy atom. The van der Waals surface area contributed by atoms with Gasteiger partial charge >= 0.3 is 0 Å². The number of carbonyl (C=O) groups is 2. The number of rotatable bonds is 3. The van der Waals surface area contributed by atoms with Crippen molar-refractivity contribution >= 4 is 31.5 Å². The molecular formula is C15H16ClNO4S. The minimum absolute atomic E-state index is 0.00827. The monoisotopic (exact) mass is 341 g/mol. The molecule has 0 saturated heterocycles. The minimum Gasteiger partial charge on any atom is -0.271 e. The zero-order valence-electron chi connectivity index (χ0n) is 11.9. The van der Waals surface area contributed by atoms with Gasteiger partial charge in [0.1, 0.15) is 0 Å². The molecule has 0 spiro atoms. The van der Waals surface area contributed by atoms with E-state index in [0.29, 0.717) is 36.8 Å². The molecule has 1 heterocycles. The SMILES string of the molecule is O=C1c2ccccc2C(=O)N1C1CCC(CS(=O)(=O)Cl)CC1. The zero-order chi connectivity index (χ0) is 15.9. The molecular weight excluding hydrogens is 326 g/mol. The highest BCUT2D eigenvalue weighted by Gasteiger charge is 2.41. The van der Waals surface area contributed by atoms with Crippen LogP contribution in [-0.2, 0) is 9.05 Å². The van der Waals surface area contributed by atoms with Crippen LogP contribution in [0.25, 0.3) is 0 Å². The summed E-state index contributed by atoms with van der Waals surface area (Å²) in [6.07, 6.45) is 2.57. The first kappa shape index (κ1) is 15.5. The number of halogens is 1. The maximum absolute atomic E-state index is 12.4. The predicted octanol–water partition coefficient (Wildman–Crippen LogP) is 2.41. The van der Waals surface area contributed by atoms with Crippen molar-refractivity contribution in [1.29, 1.82) is 0 Å². The predicted molar refractivity (Wildman–Crippen MR) is 82.3 cm³/mol. The second-order valence-electron chi connectivity index (χ2n) is 5.91. The van der Waals surface area contributed by atoms with Gasteiger partial charge in [-0.1, -0.05) is 12.1 Å². The van der Waals surface area contributed by atoms with Gasteiger partial charge in [0.25, 0.3) is 11.8 Å². The van der Waals surface area contributed by atoms with Crippen LogP contribution < -0.4 is 0 Å². The summed E-state index contributed by atoms with van der Waals surface area (Å²) in [6.45, 7) is 0. The minimum atomic E-state index is -3.50.